The molecule has 0 aromatic rings. The quantitative estimate of drug-likeness (QED) is 0.403. The molecule has 0 saturated carbocycles. The maximum Gasteiger partial charge on any atom is 0.461 e. The number of rotatable bonds is 8. The Bertz CT molecular complexity index is 584. The molecule has 8 nitrogen and oxygen atoms in total. The fourth-order valence-electron chi connectivity index (χ4n) is 1.01. The molecule has 0 aromatic heterocycles. The second-order valence-electron chi connectivity index (χ2n) is 4.85. The van der Waals surface area contributed by atoms with Crippen LogP contribution in [0.3, 0.4) is 0 Å². The molecule has 1 N–H and O–H groups in total. The highest BCUT2D eigenvalue weighted by Gasteiger charge is 2.50. The summed E-state index contributed by atoms with van der Waals surface area (Å²) in [6, 6.07) is 0. The van der Waals surface area contributed by atoms with Crippen LogP contribution in [0.4, 0.5) is 0 Å². The van der Waals surface area contributed by atoms with Gasteiger partial charge in [-0.15, -0.1) is 0 Å². The summed E-state index contributed by atoms with van der Waals surface area (Å²) in [5.74, 6) is -8.31. The van der Waals surface area contributed by atoms with Gasteiger partial charge in [-0.05, 0) is 20.8 Å². The summed E-state index contributed by atoms with van der Waals surface area (Å²) in [4.78, 5) is 46.7. The molecule has 0 amide bonds. The lowest BCUT2D eigenvalue weighted by Gasteiger charge is -2.31. The van der Waals surface area contributed by atoms with Crippen molar-refractivity contribution in [2.24, 2.45) is 0 Å². The SMILES string of the molecule is C=C(C)C(=O)OC(OC(=O)C(=C)C)(OC(=O)C(=C)C)C(=C)C(=O)O. The zero-order valence-corrected chi connectivity index (χ0v) is 13.6. The van der Waals surface area contributed by atoms with E-state index in [9.17, 15) is 19.2 Å². The van der Waals surface area contributed by atoms with Crippen LogP contribution in [-0.2, 0) is 33.4 Å². The van der Waals surface area contributed by atoms with Gasteiger partial charge < -0.3 is 19.3 Å². The van der Waals surface area contributed by atoms with Gasteiger partial charge in [0, 0.05) is 16.7 Å². The summed E-state index contributed by atoms with van der Waals surface area (Å²) in [5.41, 5.74) is -1.54. The van der Waals surface area contributed by atoms with Gasteiger partial charge in [0.1, 0.15) is 0 Å². The lowest BCUT2D eigenvalue weighted by Crippen LogP contribution is -2.48. The van der Waals surface area contributed by atoms with E-state index in [4.69, 9.17) is 19.3 Å². The number of esters is 3. The van der Waals surface area contributed by atoms with Crippen LogP contribution in [-0.4, -0.2) is 35.0 Å². The van der Waals surface area contributed by atoms with Crippen LogP contribution in [0.1, 0.15) is 20.8 Å². The number of carbonyl (C=O) groups is 4. The van der Waals surface area contributed by atoms with Crippen LogP contribution < -0.4 is 0 Å². The van der Waals surface area contributed by atoms with E-state index in [1.165, 1.54) is 20.8 Å². The van der Waals surface area contributed by atoms with Crippen LogP contribution in [0.2, 0.25) is 0 Å². The maximum atomic E-state index is 11.8. The Kier molecular flexibility index (Phi) is 6.87. The van der Waals surface area contributed by atoms with E-state index in [-0.39, 0.29) is 16.7 Å². The fourth-order valence-corrected chi connectivity index (χ4v) is 1.01. The van der Waals surface area contributed by atoms with Gasteiger partial charge in [-0.25, -0.2) is 19.2 Å². The third kappa shape index (κ3) is 5.24. The summed E-state index contributed by atoms with van der Waals surface area (Å²) in [6.45, 7) is 16.8. The van der Waals surface area contributed by atoms with Crippen molar-refractivity contribution in [3.63, 3.8) is 0 Å². The molecule has 0 radical (unpaired) electrons. The third-order valence-electron chi connectivity index (χ3n) is 2.35. The molecule has 0 heterocycles. The van der Waals surface area contributed by atoms with Gasteiger partial charge in [0.25, 0.3) is 0 Å². The lowest BCUT2D eigenvalue weighted by molar-refractivity contribution is -0.304. The van der Waals surface area contributed by atoms with Crippen LogP contribution in [0.15, 0.2) is 48.6 Å². The third-order valence-corrected chi connectivity index (χ3v) is 2.35. The molecule has 0 unspecified atom stereocenters. The molecule has 0 aliphatic carbocycles. The Morgan fingerprint density at radius 2 is 0.958 bits per heavy atom. The molecule has 130 valence electrons. The summed E-state index contributed by atoms with van der Waals surface area (Å²) >= 11 is 0. The van der Waals surface area contributed by atoms with E-state index in [1.54, 1.807) is 0 Å². The largest absolute Gasteiger partial charge is 0.478 e. The first-order chi connectivity index (χ1) is 10.8. The summed E-state index contributed by atoms with van der Waals surface area (Å²) in [7, 11) is 0. The summed E-state index contributed by atoms with van der Waals surface area (Å²) < 4.78 is 14.3. The topological polar surface area (TPSA) is 116 Å². The number of carbonyl (C=O) groups excluding carboxylic acids is 3. The van der Waals surface area contributed by atoms with Gasteiger partial charge >= 0.3 is 29.9 Å². The Hall–Kier alpha value is -3.16. The first-order valence-electron chi connectivity index (χ1n) is 6.43. The van der Waals surface area contributed by atoms with Crippen molar-refractivity contribution in [2.45, 2.75) is 26.7 Å². The highest BCUT2D eigenvalue weighted by atomic mass is 16.9. The van der Waals surface area contributed by atoms with Gasteiger partial charge in [-0.2, -0.15) is 0 Å². The van der Waals surface area contributed by atoms with Crippen molar-refractivity contribution in [1.82, 2.24) is 0 Å². The van der Waals surface area contributed by atoms with E-state index < -0.39 is 35.4 Å². The predicted octanol–water partition coefficient (Wildman–Crippen LogP) is 1.64. The van der Waals surface area contributed by atoms with Crippen LogP contribution in [0.25, 0.3) is 0 Å². The minimum atomic E-state index is -3.03. The number of carboxylic acids is 1. The van der Waals surface area contributed by atoms with Crippen molar-refractivity contribution in [2.75, 3.05) is 0 Å². The minimum absolute atomic E-state index is 0.171. The Labute approximate surface area is 138 Å². The van der Waals surface area contributed by atoms with Gasteiger partial charge in [0.05, 0.1) is 0 Å². The second kappa shape index (κ2) is 7.91. The maximum absolute atomic E-state index is 11.8. The van der Waals surface area contributed by atoms with Crippen molar-refractivity contribution in [1.29, 1.82) is 0 Å². The number of hydrogen-bond donors (Lipinski definition) is 1. The van der Waals surface area contributed by atoms with Gasteiger partial charge in [0.2, 0.25) is 0 Å². The van der Waals surface area contributed by atoms with Crippen molar-refractivity contribution < 1.29 is 38.5 Å². The van der Waals surface area contributed by atoms with Crippen molar-refractivity contribution >= 4 is 23.9 Å². The normalized spacial score (nSPS) is 10.1. The Balaban J connectivity index is 6.17. The molecular weight excluding hydrogens is 320 g/mol. The number of hydrogen-bond acceptors (Lipinski definition) is 7. The van der Waals surface area contributed by atoms with Gasteiger partial charge in [0.15, 0.2) is 5.57 Å². The highest BCUT2D eigenvalue weighted by molar-refractivity contribution is 5.95. The van der Waals surface area contributed by atoms with E-state index >= 15 is 0 Å². The van der Waals surface area contributed by atoms with Gasteiger partial charge in [-0.3, -0.25) is 0 Å². The first kappa shape index (κ1) is 20.8. The molecule has 0 aliphatic heterocycles. The van der Waals surface area contributed by atoms with Crippen molar-refractivity contribution in [3.8, 4) is 0 Å². The number of carboxylic acid groups (broad SMARTS) is 1. The first-order valence-corrected chi connectivity index (χ1v) is 6.43. The molecule has 0 fully saturated rings. The van der Waals surface area contributed by atoms with Gasteiger partial charge in [-0.1, -0.05) is 26.3 Å². The van der Waals surface area contributed by atoms with E-state index in [0.717, 1.165) is 0 Å². The molecule has 0 aromatic carbocycles. The van der Waals surface area contributed by atoms with E-state index in [0.29, 0.717) is 0 Å². The average Bonchev–Trinajstić information content (AvgIpc) is 2.45. The number of aliphatic carboxylic acids is 1. The summed E-state index contributed by atoms with van der Waals surface area (Å²) in [6.07, 6.45) is 0. The highest BCUT2D eigenvalue weighted by Crippen LogP contribution is 2.28. The predicted molar refractivity (Wildman–Crippen MR) is 82.2 cm³/mol. The smallest absolute Gasteiger partial charge is 0.461 e. The molecule has 0 spiro atoms. The Morgan fingerprint density at radius 3 is 1.12 bits per heavy atom. The lowest BCUT2D eigenvalue weighted by atomic mass is 10.2. The molecular formula is C16H18O8. The molecule has 0 saturated heterocycles. The zero-order chi connectivity index (χ0) is 19.2. The second-order valence-corrected chi connectivity index (χ2v) is 4.85. The zero-order valence-electron chi connectivity index (χ0n) is 13.6. The molecule has 0 rings (SSSR count). The van der Waals surface area contributed by atoms with E-state index in [1.807, 2.05) is 0 Å². The number of ether oxygens (including phenoxy) is 3. The summed E-state index contributed by atoms with van der Waals surface area (Å²) in [5, 5.41) is 9.13. The van der Waals surface area contributed by atoms with Crippen LogP contribution >= 0.6 is 0 Å². The molecule has 0 bridgehead atoms. The standard InChI is InChI=1S/C16H18O8/c1-8(2)13(19)22-16(11(7)12(17)18,23-14(20)9(3)4)24-15(21)10(5)6/h1,3,5,7H2,2,4,6H3,(H,17,18). The van der Waals surface area contributed by atoms with Crippen molar-refractivity contribution in [3.05, 3.63) is 48.6 Å². The molecule has 24 heavy (non-hydrogen) atoms. The van der Waals surface area contributed by atoms with Crippen LogP contribution in [0.5, 0.6) is 0 Å². The fraction of sp³-hybridized carbons (Fsp3) is 0.250. The van der Waals surface area contributed by atoms with E-state index in [2.05, 4.69) is 26.3 Å². The monoisotopic (exact) mass is 338 g/mol. The molecule has 0 aliphatic rings. The Morgan fingerprint density at radius 1 is 0.708 bits per heavy atom. The van der Waals surface area contributed by atoms with Crippen LogP contribution in [0, 0.1) is 0 Å². The molecule has 0 atom stereocenters. The minimum Gasteiger partial charge on any atom is -0.478 e. The molecule has 8 heteroatoms. The average molecular weight is 338 g/mol.